The molecular weight excluding hydrogens is 202 g/mol. The zero-order valence-corrected chi connectivity index (χ0v) is 9.52. The van der Waals surface area contributed by atoms with Crippen LogP contribution in [0.5, 0.6) is 0 Å². The van der Waals surface area contributed by atoms with Crippen LogP contribution in [-0.4, -0.2) is 9.78 Å². The third-order valence-electron chi connectivity index (χ3n) is 2.38. The molecule has 0 bridgehead atoms. The van der Waals surface area contributed by atoms with E-state index in [1.807, 2.05) is 16.9 Å². The van der Waals surface area contributed by atoms with Gasteiger partial charge in [0.15, 0.2) is 0 Å². The first-order valence-corrected chi connectivity index (χ1v) is 5.61. The van der Waals surface area contributed by atoms with E-state index < -0.39 is 0 Å². The molecular formula is C12H17N3O. The largest absolute Gasteiger partial charge is 0.472 e. The van der Waals surface area contributed by atoms with E-state index in [4.69, 9.17) is 4.42 Å². The summed E-state index contributed by atoms with van der Waals surface area (Å²) in [5.74, 6) is 0. The molecule has 2 heterocycles. The second kappa shape index (κ2) is 5.51. The van der Waals surface area contributed by atoms with Gasteiger partial charge < -0.3 is 9.73 Å². The fourth-order valence-corrected chi connectivity index (χ4v) is 1.59. The summed E-state index contributed by atoms with van der Waals surface area (Å²) in [6, 6.07) is 1.97. The Balaban J connectivity index is 1.76. The lowest BCUT2D eigenvalue weighted by Gasteiger charge is -1.99. The van der Waals surface area contributed by atoms with Gasteiger partial charge in [0.2, 0.25) is 0 Å². The van der Waals surface area contributed by atoms with Crippen molar-refractivity contribution in [3.63, 3.8) is 0 Å². The van der Waals surface area contributed by atoms with Gasteiger partial charge in [0.1, 0.15) is 0 Å². The number of nitrogens with zero attached hydrogens (tertiary/aromatic N) is 2. The van der Waals surface area contributed by atoms with E-state index in [2.05, 4.69) is 23.5 Å². The lowest BCUT2D eigenvalue weighted by Crippen LogP contribution is -2.11. The van der Waals surface area contributed by atoms with Gasteiger partial charge in [-0.3, -0.25) is 4.68 Å². The highest BCUT2D eigenvalue weighted by atomic mass is 16.3. The van der Waals surface area contributed by atoms with Crippen LogP contribution in [0.3, 0.4) is 0 Å². The van der Waals surface area contributed by atoms with Crippen molar-refractivity contribution in [1.29, 1.82) is 0 Å². The van der Waals surface area contributed by atoms with E-state index in [0.717, 1.165) is 26.1 Å². The van der Waals surface area contributed by atoms with E-state index in [1.165, 1.54) is 11.1 Å². The molecule has 0 aliphatic heterocycles. The molecule has 0 saturated heterocycles. The molecule has 0 amide bonds. The summed E-state index contributed by atoms with van der Waals surface area (Å²) in [4.78, 5) is 0. The average Bonchev–Trinajstić information content (AvgIpc) is 2.90. The van der Waals surface area contributed by atoms with Gasteiger partial charge in [-0.05, 0) is 12.5 Å². The summed E-state index contributed by atoms with van der Waals surface area (Å²) in [5, 5.41) is 7.63. The Kier molecular flexibility index (Phi) is 3.77. The Hall–Kier alpha value is -1.55. The summed E-state index contributed by atoms with van der Waals surface area (Å²) in [6.45, 7) is 4.81. The highest BCUT2D eigenvalue weighted by molar-refractivity contribution is 5.07. The van der Waals surface area contributed by atoms with E-state index >= 15 is 0 Å². The van der Waals surface area contributed by atoms with E-state index in [0.29, 0.717) is 0 Å². The molecule has 0 unspecified atom stereocenters. The van der Waals surface area contributed by atoms with Gasteiger partial charge >= 0.3 is 0 Å². The van der Waals surface area contributed by atoms with Crippen LogP contribution in [0.25, 0.3) is 0 Å². The van der Waals surface area contributed by atoms with Crippen molar-refractivity contribution in [1.82, 2.24) is 15.1 Å². The van der Waals surface area contributed by atoms with Gasteiger partial charge in [-0.1, -0.05) is 6.92 Å². The SMILES string of the molecule is CCCn1cc(CNCc2ccoc2)cn1. The molecule has 16 heavy (non-hydrogen) atoms. The van der Waals surface area contributed by atoms with Crippen molar-refractivity contribution in [3.8, 4) is 0 Å². The molecule has 0 saturated carbocycles. The fraction of sp³-hybridized carbons (Fsp3) is 0.417. The molecule has 0 atom stereocenters. The van der Waals surface area contributed by atoms with Crippen LogP contribution in [0.1, 0.15) is 24.5 Å². The third kappa shape index (κ3) is 2.97. The van der Waals surface area contributed by atoms with Crippen molar-refractivity contribution in [2.24, 2.45) is 0 Å². The fourth-order valence-electron chi connectivity index (χ4n) is 1.59. The second-order valence-electron chi connectivity index (χ2n) is 3.85. The molecule has 4 heteroatoms. The smallest absolute Gasteiger partial charge is 0.0947 e. The second-order valence-corrected chi connectivity index (χ2v) is 3.85. The van der Waals surface area contributed by atoms with Crippen LogP contribution in [0, 0.1) is 0 Å². The molecule has 0 fully saturated rings. The minimum absolute atomic E-state index is 0.829. The number of furan rings is 1. The molecule has 0 aliphatic rings. The molecule has 2 aromatic rings. The summed E-state index contributed by atoms with van der Waals surface area (Å²) >= 11 is 0. The van der Waals surface area contributed by atoms with Gasteiger partial charge in [-0.25, -0.2) is 0 Å². The van der Waals surface area contributed by atoms with Gasteiger partial charge in [0.25, 0.3) is 0 Å². The lowest BCUT2D eigenvalue weighted by molar-refractivity contribution is 0.560. The van der Waals surface area contributed by atoms with Crippen molar-refractivity contribution < 1.29 is 4.42 Å². The average molecular weight is 219 g/mol. The summed E-state index contributed by atoms with van der Waals surface area (Å²) < 4.78 is 6.98. The van der Waals surface area contributed by atoms with Gasteiger partial charge in [-0.15, -0.1) is 0 Å². The van der Waals surface area contributed by atoms with Crippen LogP contribution in [-0.2, 0) is 19.6 Å². The first kappa shape index (κ1) is 11.0. The highest BCUT2D eigenvalue weighted by Gasteiger charge is 1.98. The molecule has 1 N–H and O–H groups in total. The van der Waals surface area contributed by atoms with Crippen LogP contribution >= 0.6 is 0 Å². The predicted octanol–water partition coefficient (Wildman–Crippen LogP) is 2.18. The van der Waals surface area contributed by atoms with E-state index in [1.54, 1.807) is 12.5 Å². The Morgan fingerprint density at radius 1 is 1.38 bits per heavy atom. The minimum atomic E-state index is 0.829. The Bertz CT molecular complexity index is 406. The molecule has 0 radical (unpaired) electrons. The van der Waals surface area contributed by atoms with Crippen molar-refractivity contribution >= 4 is 0 Å². The maximum atomic E-state index is 5.00. The monoisotopic (exact) mass is 219 g/mol. The number of rotatable bonds is 6. The van der Waals surface area contributed by atoms with Gasteiger partial charge in [0.05, 0.1) is 18.7 Å². The maximum absolute atomic E-state index is 5.00. The number of nitrogens with one attached hydrogen (secondary N) is 1. The molecule has 86 valence electrons. The molecule has 4 nitrogen and oxygen atoms in total. The molecule has 0 spiro atoms. The van der Waals surface area contributed by atoms with Crippen molar-refractivity contribution in [3.05, 3.63) is 42.1 Å². The number of hydrogen-bond acceptors (Lipinski definition) is 3. The molecule has 0 aromatic carbocycles. The van der Waals surface area contributed by atoms with Crippen LogP contribution in [0.2, 0.25) is 0 Å². The topological polar surface area (TPSA) is 43.0 Å². The Morgan fingerprint density at radius 2 is 2.25 bits per heavy atom. The lowest BCUT2D eigenvalue weighted by atomic mass is 10.3. The normalized spacial score (nSPS) is 10.8. The standard InChI is InChI=1S/C12H17N3O/c1-2-4-15-9-12(8-14-15)7-13-6-11-3-5-16-10-11/h3,5,8-10,13H,2,4,6-7H2,1H3. The van der Waals surface area contributed by atoms with Gasteiger partial charge in [0, 0.05) is 37.0 Å². The first-order valence-electron chi connectivity index (χ1n) is 5.61. The first-order chi connectivity index (χ1) is 7.88. The summed E-state index contributed by atoms with van der Waals surface area (Å²) in [5.41, 5.74) is 2.39. The van der Waals surface area contributed by atoms with E-state index in [9.17, 15) is 0 Å². The van der Waals surface area contributed by atoms with Crippen molar-refractivity contribution in [2.75, 3.05) is 0 Å². The minimum Gasteiger partial charge on any atom is -0.472 e. The van der Waals surface area contributed by atoms with E-state index in [-0.39, 0.29) is 0 Å². The zero-order chi connectivity index (χ0) is 11.2. The number of hydrogen-bond donors (Lipinski definition) is 1. The van der Waals surface area contributed by atoms with Crippen LogP contribution < -0.4 is 5.32 Å². The Labute approximate surface area is 95.3 Å². The molecule has 2 rings (SSSR count). The number of aryl methyl sites for hydroxylation is 1. The Morgan fingerprint density at radius 3 is 3.00 bits per heavy atom. The predicted molar refractivity (Wildman–Crippen MR) is 61.8 cm³/mol. The quantitative estimate of drug-likeness (QED) is 0.809. The summed E-state index contributed by atoms with van der Waals surface area (Å²) in [6.07, 6.45) is 8.57. The maximum Gasteiger partial charge on any atom is 0.0947 e. The van der Waals surface area contributed by atoms with Crippen LogP contribution in [0.15, 0.2) is 35.4 Å². The summed E-state index contributed by atoms with van der Waals surface area (Å²) in [7, 11) is 0. The number of aromatic nitrogens is 2. The zero-order valence-electron chi connectivity index (χ0n) is 9.52. The van der Waals surface area contributed by atoms with Crippen LogP contribution in [0.4, 0.5) is 0 Å². The van der Waals surface area contributed by atoms with Crippen molar-refractivity contribution in [2.45, 2.75) is 33.0 Å². The molecule has 0 aliphatic carbocycles. The third-order valence-corrected chi connectivity index (χ3v) is 2.38. The molecule has 2 aromatic heterocycles. The van der Waals surface area contributed by atoms with Gasteiger partial charge in [-0.2, -0.15) is 5.10 Å². The highest BCUT2D eigenvalue weighted by Crippen LogP contribution is 2.01.